The molecule has 5 N–H and O–H groups in total. The number of nitrogen functional groups attached to an aromatic ring is 1. The molecule has 0 aliphatic heterocycles. The number of carbonyl (C=O) groups excluding carboxylic acids is 1. The van der Waals surface area contributed by atoms with Crippen LogP contribution in [-0.2, 0) is 0 Å². The number of hydrogen-bond donors (Lipinski definition) is 3. The Morgan fingerprint density at radius 1 is 1.10 bits per heavy atom. The Labute approximate surface area is 116 Å². The van der Waals surface area contributed by atoms with Gasteiger partial charge >= 0.3 is 6.09 Å². The Bertz CT molecular complexity index is 629. The highest BCUT2D eigenvalue weighted by Crippen LogP contribution is 2.29. The van der Waals surface area contributed by atoms with Crippen molar-refractivity contribution < 1.29 is 14.3 Å². The van der Waals surface area contributed by atoms with Crippen LogP contribution in [0.4, 0.5) is 16.2 Å². The number of rotatable bonds is 4. The third-order valence-corrected chi connectivity index (χ3v) is 2.55. The molecule has 6 nitrogen and oxygen atoms in total. The maximum absolute atomic E-state index is 10.7. The van der Waals surface area contributed by atoms with Crippen LogP contribution in [0.15, 0.2) is 42.5 Å². The van der Waals surface area contributed by atoms with Crippen molar-refractivity contribution in [2.45, 2.75) is 0 Å². The normalized spacial score (nSPS) is 9.85. The number of benzene rings is 2. The van der Waals surface area contributed by atoms with E-state index in [1.165, 1.54) is 0 Å². The fourth-order valence-electron chi connectivity index (χ4n) is 1.67. The maximum Gasteiger partial charge on any atom is 0.409 e. The molecule has 0 bridgehead atoms. The summed E-state index contributed by atoms with van der Waals surface area (Å²) in [6, 6.07) is 11.9. The van der Waals surface area contributed by atoms with Crippen molar-refractivity contribution in [1.29, 1.82) is 0 Å². The highest BCUT2D eigenvalue weighted by molar-refractivity contribution is 5.69. The molecule has 1 amide bonds. The Kier molecular flexibility index (Phi) is 3.95. The van der Waals surface area contributed by atoms with Crippen molar-refractivity contribution in [2.75, 3.05) is 18.1 Å². The molecular weight excluding hydrogens is 258 g/mol. The first-order valence-electron chi connectivity index (χ1n) is 5.91. The lowest BCUT2D eigenvalue weighted by Gasteiger charge is -2.10. The molecule has 0 aromatic heterocycles. The highest BCUT2D eigenvalue weighted by atomic mass is 16.5. The minimum Gasteiger partial charge on any atom is -0.457 e. The fourth-order valence-corrected chi connectivity index (χ4v) is 1.67. The van der Waals surface area contributed by atoms with Gasteiger partial charge in [-0.1, -0.05) is 6.07 Å². The summed E-state index contributed by atoms with van der Waals surface area (Å²) < 4.78 is 10.5. The molecule has 2 rings (SSSR count). The summed E-state index contributed by atoms with van der Waals surface area (Å²) in [5, 5.41) is 2.97. The van der Waals surface area contributed by atoms with Crippen LogP contribution in [0.3, 0.4) is 0 Å². The zero-order valence-corrected chi connectivity index (χ0v) is 10.9. The van der Waals surface area contributed by atoms with Gasteiger partial charge in [0.2, 0.25) is 0 Å². The van der Waals surface area contributed by atoms with Crippen molar-refractivity contribution >= 4 is 17.5 Å². The van der Waals surface area contributed by atoms with Crippen LogP contribution >= 0.6 is 0 Å². The van der Waals surface area contributed by atoms with Crippen LogP contribution in [0, 0.1) is 0 Å². The number of ether oxygens (including phenoxy) is 2. The van der Waals surface area contributed by atoms with Crippen LogP contribution in [-0.4, -0.2) is 13.1 Å². The second-order valence-corrected chi connectivity index (χ2v) is 4.00. The molecule has 0 aliphatic rings. The molecule has 0 radical (unpaired) electrons. The van der Waals surface area contributed by atoms with Gasteiger partial charge in [-0.05, 0) is 24.3 Å². The standard InChI is InChI=1S/C14H15N3O3/c1-17-13-8-11(5-6-12(13)15)19-9-3-2-4-10(7-9)20-14(16)18/h2-8,17H,15H2,1H3,(H2,16,18). The largest absolute Gasteiger partial charge is 0.457 e. The number of amides is 1. The Hall–Kier alpha value is -2.89. The van der Waals surface area contributed by atoms with E-state index >= 15 is 0 Å². The van der Waals surface area contributed by atoms with Crippen LogP contribution in [0.5, 0.6) is 17.2 Å². The fraction of sp³-hybridized carbons (Fsp3) is 0.0714. The molecule has 6 heteroatoms. The third-order valence-electron chi connectivity index (χ3n) is 2.55. The smallest absolute Gasteiger partial charge is 0.409 e. The lowest BCUT2D eigenvalue weighted by atomic mass is 10.2. The van der Waals surface area contributed by atoms with E-state index in [2.05, 4.69) is 5.32 Å². The number of nitrogens with two attached hydrogens (primary N) is 2. The summed E-state index contributed by atoms with van der Waals surface area (Å²) in [5.41, 5.74) is 12.1. The van der Waals surface area contributed by atoms with Crippen LogP contribution in [0.2, 0.25) is 0 Å². The minimum atomic E-state index is -0.868. The first-order chi connectivity index (χ1) is 9.58. The number of nitrogens with one attached hydrogen (secondary N) is 1. The van der Waals surface area contributed by atoms with Gasteiger partial charge in [-0.15, -0.1) is 0 Å². The van der Waals surface area contributed by atoms with Gasteiger partial charge in [-0.2, -0.15) is 0 Å². The third kappa shape index (κ3) is 3.32. The zero-order chi connectivity index (χ0) is 14.5. The minimum absolute atomic E-state index is 0.319. The van der Waals surface area contributed by atoms with Gasteiger partial charge in [0.1, 0.15) is 17.2 Å². The molecule has 0 fully saturated rings. The number of anilines is 2. The van der Waals surface area contributed by atoms with E-state index in [9.17, 15) is 4.79 Å². The first-order valence-corrected chi connectivity index (χ1v) is 5.91. The second kappa shape index (κ2) is 5.83. The monoisotopic (exact) mass is 273 g/mol. The molecule has 0 aliphatic carbocycles. The van der Waals surface area contributed by atoms with Crippen molar-refractivity contribution in [3.05, 3.63) is 42.5 Å². The molecule has 2 aromatic rings. The summed E-state index contributed by atoms with van der Waals surface area (Å²) in [6.07, 6.45) is -0.868. The summed E-state index contributed by atoms with van der Waals surface area (Å²) in [5.74, 6) is 1.45. The molecule has 0 heterocycles. The second-order valence-electron chi connectivity index (χ2n) is 4.00. The molecular formula is C14H15N3O3. The lowest BCUT2D eigenvalue weighted by Crippen LogP contribution is -2.16. The molecule has 104 valence electrons. The molecule has 0 unspecified atom stereocenters. The topological polar surface area (TPSA) is 99.6 Å². The molecule has 20 heavy (non-hydrogen) atoms. The Balaban J connectivity index is 2.19. The van der Waals surface area contributed by atoms with E-state index in [0.29, 0.717) is 22.9 Å². The predicted octanol–water partition coefficient (Wildman–Crippen LogP) is 2.56. The maximum atomic E-state index is 10.7. The predicted molar refractivity (Wildman–Crippen MR) is 77.1 cm³/mol. The zero-order valence-electron chi connectivity index (χ0n) is 10.9. The van der Waals surface area contributed by atoms with E-state index in [1.54, 1.807) is 49.5 Å². The Morgan fingerprint density at radius 3 is 2.50 bits per heavy atom. The van der Waals surface area contributed by atoms with E-state index in [4.69, 9.17) is 20.9 Å². The van der Waals surface area contributed by atoms with Gasteiger partial charge in [0.25, 0.3) is 0 Å². The SMILES string of the molecule is CNc1cc(Oc2cccc(OC(N)=O)c2)ccc1N. The molecule has 0 saturated heterocycles. The van der Waals surface area contributed by atoms with Crippen molar-refractivity contribution in [1.82, 2.24) is 0 Å². The van der Waals surface area contributed by atoms with Crippen molar-refractivity contribution in [2.24, 2.45) is 5.73 Å². The van der Waals surface area contributed by atoms with E-state index < -0.39 is 6.09 Å². The van der Waals surface area contributed by atoms with Crippen LogP contribution in [0.25, 0.3) is 0 Å². The molecule has 0 saturated carbocycles. The quantitative estimate of drug-likeness (QED) is 0.743. The molecule has 2 aromatic carbocycles. The van der Waals surface area contributed by atoms with Crippen molar-refractivity contribution in [3.63, 3.8) is 0 Å². The van der Waals surface area contributed by atoms with E-state index in [0.717, 1.165) is 5.69 Å². The summed E-state index contributed by atoms with van der Waals surface area (Å²) in [6.45, 7) is 0. The van der Waals surface area contributed by atoms with Crippen molar-refractivity contribution in [3.8, 4) is 17.2 Å². The molecule has 0 atom stereocenters. The average Bonchev–Trinajstić information content (AvgIpc) is 2.40. The number of primary amides is 1. The van der Waals surface area contributed by atoms with Gasteiger partial charge in [-0.25, -0.2) is 4.79 Å². The van der Waals surface area contributed by atoms with Gasteiger partial charge in [-0.3, -0.25) is 0 Å². The van der Waals surface area contributed by atoms with Gasteiger partial charge < -0.3 is 26.3 Å². The summed E-state index contributed by atoms with van der Waals surface area (Å²) >= 11 is 0. The van der Waals surface area contributed by atoms with Gasteiger partial charge in [0.05, 0.1) is 11.4 Å². The van der Waals surface area contributed by atoms with Crippen LogP contribution in [0.1, 0.15) is 0 Å². The van der Waals surface area contributed by atoms with E-state index in [1.807, 2.05) is 0 Å². The van der Waals surface area contributed by atoms with Crippen LogP contribution < -0.4 is 26.3 Å². The Morgan fingerprint density at radius 2 is 1.80 bits per heavy atom. The summed E-state index contributed by atoms with van der Waals surface area (Å²) in [7, 11) is 1.77. The molecule has 0 spiro atoms. The van der Waals surface area contributed by atoms with Gasteiger partial charge in [0.15, 0.2) is 0 Å². The highest BCUT2D eigenvalue weighted by Gasteiger charge is 2.04. The average molecular weight is 273 g/mol. The number of hydrogen-bond acceptors (Lipinski definition) is 5. The first kappa shape index (κ1) is 13.5. The van der Waals surface area contributed by atoms with Gasteiger partial charge in [0, 0.05) is 19.2 Å². The van der Waals surface area contributed by atoms with E-state index in [-0.39, 0.29) is 0 Å². The number of carbonyl (C=O) groups is 1. The lowest BCUT2D eigenvalue weighted by molar-refractivity contribution is 0.211. The summed E-state index contributed by atoms with van der Waals surface area (Å²) in [4.78, 5) is 10.7.